The van der Waals surface area contributed by atoms with E-state index in [1.54, 1.807) is 0 Å². The molecule has 0 aromatic rings. The van der Waals surface area contributed by atoms with Gasteiger partial charge in [0.05, 0.1) is 6.61 Å². The molecule has 0 saturated heterocycles. The van der Waals surface area contributed by atoms with Gasteiger partial charge in [0.15, 0.2) is 6.10 Å². The van der Waals surface area contributed by atoms with Crippen molar-refractivity contribution < 1.29 is 24.2 Å². The molecule has 0 heterocycles. The molecule has 0 aromatic carbocycles. The Kier molecular flexibility index (Phi) is 26.1. The van der Waals surface area contributed by atoms with E-state index < -0.39 is 6.10 Å². The Labute approximate surface area is 223 Å². The molecule has 214 valence electrons. The third-order valence-corrected chi connectivity index (χ3v) is 6.83. The van der Waals surface area contributed by atoms with E-state index in [-0.39, 0.29) is 25.2 Å². The number of unbranched alkanes of at least 4 members (excludes halogenated alkanes) is 17. The lowest BCUT2D eigenvalue weighted by Gasteiger charge is -2.15. The van der Waals surface area contributed by atoms with Crippen LogP contribution in [0.2, 0.25) is 0 Å². The van der Waals surface area contributed by atoms with E-state index in [9.17, 15) is 14.7 Å². The molecule has 0 saturated carbocycles. The van der Waals surface area contributed by atoms with Crippen LogP contribution < -0.4 is 0 Å². The normalized spacial score (nSPS) is 12.1. The molecule has 0 aliphatic carbocycles. The van der Waals surface area contributed by atoms with Crippen molar-refractivity contribution in [2.45, 2.75) is 168 Å². The minimum Gasteiger partial charge on any atom is -0.462 e. The summed E-state index contributed by atoms with van der Waals surface area (Å²) in [6, 6.07) is 0. The summed E-state index contributed by atoms with van der Waals surface area (Å²) in [5.74, 6) is 0.203. The van der Waals surface area contributed by atoms with Gasteiger partial charge in [0, 0.05) is 12.8 Å². The highest BCUT2D eigenvalue weighted by Crippen LogP contribution is 2.14. The maximum Gasteiger partial charge on any atom is 0.306 e. The second-order valence-electron chi connectivity index (χ2n) is 11.0. The number of hydrogen-bond acceptors (Lipinski definition) is 5. The predicted molar refractivity (Wildman–Crippen MR) is 150 cm³/mol. The zero-order chi connectivity index (χ0) is 26.7. The number of rotatable bonds is 27. The number of esters is 2. The van der Waals surface area contributed by atoms with Crippen molar-refractivity contribution in [3.8, 4) is 0 Å². The van der Waals surface area contributed by atoms with Crippen molar-refractivity contribution in [2.75, 3.05) is 13.2 Å². The highest BCUT2D eigenvalue weighted by Gasteiger charge is 2.16. The maximum absolute atomic E-state index is 12.0. The molecule has 0 aliphatic rings. The van der Waals surface area contributed by atoms with Gasteiger partial charge in [0.1, 0.15) is 6.61 Å². The van der Waals surface area contributed by atoms with Gasteiger partial charge in [-0.05, 0) is 18.8 Å². The van der Waals surface area contributed by atoms with Gasteiger partial charge in [0.25, 0.3) is 0 Å². The lowest BCUT2D eigenvalue weighted by atomic mass is 10.0. The quantitative estimate of drug-likeness (QED) is 0.0880. The lowest BCUT2D eigenvalue weighted by Crippen LogP contribution is -2.28. The van der Waals surface area contributed by atoms with Crippen LogP contribution in [0.3, 0.4) is 0 Å². The van der Waals surface area contributed by atoms with Crippen LogP contribution in [0.5, 0.6) is 0 Å². The molecule has 0 bridgehead atoms. The lowest BCUT2D eigenvalue weighted by molar-refractivity contribution is -0.161. The monoisotopic (exact) mass is 512 g/mol. The van der Waals surface area contributed by atoms with Crippen molar-refractivity contribution >= 4 is 11.9 Å². The van der Waals surface area contributed by atoms with Crippen LogP contribution in [-0.2, 0) is 19.1 Å². The van der Waals surface area contributed by atoms with Gasteiger partial charge >= 0.3 is 11.9 Å². The van der Waals surface area contributed by atoms with Crippen LogP contribution in [0, 0.1) is 5.92 Å². The van der Waals surface area contributed by atoms with E-state index in [0.717, 1.165) is 44.4 Å². The summed E-state index contributed by atoms with van der Waals surface area (Å²) in [4.78, 5) is 24.0. The summed E-state index contributed by atoms with van der Waals surface area (Å²) in [5, 5.41) is 9.45. The van der Waals surface area contributed by atoms with E-state index >= 15 is 0 Å². The Balaban J connectivity index is 3.58. The number of aliphatic hydroxyl groups excluding tert-OH is 1. The van der Waals surface area contributed by atoms with Crippen molar-refractivity contribution in [1.29, 1.82) is 0 Å². The van der Waals surface area contributed by atoms with Gasteiger partial charge in [0.2, 0.25) is 0 Å². The second kappa shape index (κ2) is 26.9. The van der Waals surface area contributed by atoms with Gasteiger partial charge in [-0.2, -0.15) is 0 Å². The average Bonchev–Trinajstić information content (AvgIpc) is 2.85. The fraction of sp³-hybridized carbons (Fsp3) is 0.935. The summed E-state index contributed by atoms with van der Waals surface area (Å²) in [6.07, 6.45) is 24.5. The molecule has 1 atom stereocenters. The predicted octanol–water partition coefficient (Wildman–Crippen LogP) is 8.69. The van der Waals surface area contributed by atoms with E-state index in [1.807, 2.05) is 0 Å². The van der Waals surface area contributed by atoms with Gasteiger partial charge in [-0.1, -0.05) is 136 Å². The van der Waals surface area contributed by atoms with Gasteiger partial charge in [-0.3, -0.25) is 9.59 Å². The summed E-state index contributed by atoms with van der Waals surface area (Å²) in [5.41, 5.74) is 0. The molecule has 0 rings (SSSR count). The van der Waals surface area contributed by atoms with E-state index in [2.05, 4.69) is 20.8 Å². The molecule has 0 radical (unpaired) electrons. The zero-order valence-corrected chi connectivity index (χ0v) is 24.2. The maximum atomic E-state index is 12.0. The fourth-order valence-electron chi connectivity index (χ4n) is 4.44. The van der Waals surface area contributed by atoms with Gasteiger partial charge in [-0.15, -0.1) is 0 Å². The van der Waals surface area contributed by atoms with Crippen LogP contribution in [0.15, 0.2) is 0 Å². The molecule has 0 amide bonds. The molecule has 0 spiro atoms. The van der Waals surface area contributed by atoms with Crippen LogP contribution in [0.25, 0.3) is 0 Å². The largest absolute Gasteiger partial charge is 0.462 e. The number of carbonyl (C=O) groups excluding carboxylic acids is 2. The SMILES string of the molecule is CCCCCCCCCCCCCCC(=O)OC[C@H](CO)OC(=O)CCCCCCCCCC(C)C. The number of hydrogen-bond donors (Lipinski definition) is 1. The third-order valence-electron chi connectivity index (χ3n) is 6.83. The molecule has 0 unspecified atom stereocenters. The smallest absolute Gasteiger partial charge is 0.306 e. The Morgan fingerprint density at radius 1 is 0.611 bits per heavy atom. The van der Waals surface area contributed by atoms with Crippen molar-refractivity contribution in [3.05, 3.63) is 0 Å². The Morgan fingerprint density at radius 2 is 1.03 bits per heavy atom. The van der Waals surface area contributed by atoms with Crippen molar-refractivity contribution in [2.24, 2.45) is 5.92 Å². The Morgan fingerprint density at radius 3 is 1.47 bits per heavy atom. The van der Waals surface area contributed by atoms with Crippen molar-refractivity contribution in [1.82, 2.24) is 0 Å². The summed E-state index contributed by atoms with van der Waals surface area (Å²) >= 11 is 0. The molecule has 5 nitrogen and oxygen atoms in total. The highest BCUT2D eigenvalue weighted by atomic mass is 16.6. The molecule has 5 heteroatoms. The standard InChI is InChI=1S/C31H60O5/c1-4-5-6-7-8-9-10-11-12-15-18-21-24-30(33)35-27-29(26-32)36-31(34)25-22-19-16-13-14-17-20-23-28(2)3/h28-29,32H,4-27H2,1-3H3/t29-/m0/s1. The minimum atomic E-state index is -0.760. The Bertz CT molecular complexity index is 491. The summed E-state index contributed by atoms with van der Waals surface area (Å²) in [6.45, 7) is 6.41. The second-order valence-corrected chi connectivity index (χ2v) is 11.0. The number of ether oxygens (including phenoxy) is 2. The first-order valence-corrected chi connectivity index (χ1v) is 15.5. The first-order valence-electron chi connectivity index (χ1n) is 15.5. The topological polar surface area (TPSA) is 72.8 Å². The molecular weight excluding hydrogens is 452 g/mol. The van der Waals surface area contributed by atoms with Crippen LogP contribution in [-0.4, -0.2) is 36.4 Å². The molecule has 1 N–H and O–H groups in total. The molecule has 0 fully saturated rings. The first-order chi connectivity index (χ1) is 17.5. The number of aliphatic hydroxyl groups is 1. The van der Waals surface area contributed by atoms with Gasteiger partial charge in [-0.25, -0.2) is 0 Å². The van der Waals surface area contributed by atoms with Crippen LogP contribution in [0.4, 0.5) is 0 Å². The van der Waals surface area contributed by atoms with E-state index in [0.29, 0.717) is 12.8 Å². The van der Waals surface area contributed by atoms with Crippen LogP contribution in [0.1, 0.15) is 162 Å². The molecule has 36 heavy (non-hydrogen) atoms. The van der Waals surface area contributed by atoms with Gasteiger partial charge < -0.3 is 14.6 Å². The first kappa shape index (κ1) is 34.9. The summed E-state index contributed by atoms with van der Waals surface area (Å²) in [7, 11) is 0. The Hall–Kier alpha value is -1.10. The highest BCUT2D eigenvalue weighted by molar-refractivity contribution is 5.70. The molecular formula is C31H60O5. The number of carbonyl (C=O) groups is 2. The van der Waals surface area contributed by atoms with Crippen LogP contribution >= 0.6 is 0 Å². The molecule has 0 aliphatic heterocycles. The summed E-state index contributed by atoms with van der Waals surface area (Å²) < 4.78 is 10.5. The average molecular weight is 513 g/mol. The zero-order valence-electron chi connectivity index (χ0n) is 24.2. The molecule has 0 aromatic heterocycles. The van der Waals surface area contributed by atoms with E-state index in [1.165, 1.54) is 89.9 Å². The third kappa shape index (κ3) is 26.0. The fourth-order valence-corrected chi connectivity index (χ4v) is 4.44. The van der Waals surface area contributed by atoms with Crippen molar-refractivity contribution in [3.63, 3.8) is 0 Å². The van der Waals surface area contributed by atoms with E-state index in [4.69, 9.17) is 9.47 Å². The minimum absolute atomic E-state index is 0.0598.